The molecule has 0 aromatic heterocycles. The highest BCUT2D eigenvalue weighted by Crippen LogP contribution is 2.39. The molecule has 0 bridgehead atoms. The Bertz CT molecular complexity index is 404. The quantitative estimate of drug-likeness (QED) is 0.891. The standard InChI is InChI=1S/C17H26O2/c1-12-4-7-15(8-5-12)16-11-14(10-13(2)18)6-9-17(16)19-3/h6,9,11-13,15,18H,4-5,7-8,10H2,1-3H3. The van der Waals surface area contributed by atoms with Gasteiger partial charge in [-0.05, 0) is 55.2 Å². The van der Waals surface area contributed by atoms with Crippen LogP contribution in [0.25, 0.3) is 0 Å². The van der Waals surface area contributed by atoms with Gasteiger partial charge in [-0.2, -0.15) is 0 Å². The molecule has 1 fully saturated rings. The van der Waals surface area contributed by atoms with Crippen molar-refractivity contribution in [2.24, 2.45) is 5.92 Å². The summed E-state index contributed by atoms with van der Waals surface area (Å²) in [4.78, 5) is 0. The number of ether oxygens (including phenoxy) is 1. The van der Waals surface area contributed by atoms with Crippen molar-refractivity contribution in [3.8, 4) is 5.75 Å². The van der Waals surface area contributed by atoms with Crippen LogP contribution in [0.2, 0.25) is 0 Å². The van der Waals surface area contributed by atoms with Gasteiger partial charge in [-0.25, -0.2) is 0 Å². The minimum Gasteiger partial charge on any atom is -0.496 e. The van der Waals surface area contributed by atoms with E-state index in [9.17, 15) is 5.11 Å². The zero-order valence-electron chi connectivity index (χ0n) is 12.4. The summed E-state index contributed by atoms with van der Waals surface area (Å²) in [5.41, 5.74) is 2.55. The number of hydrogen-bond donors (Lipinski definition) is 1. The van der Waals surface area contributed by atoms with Crippen molar-refractivity contribution in [3.05, 3.63) is 29.3 Å². The van der Waals surface area contributed by atoms with Gasteiger partial charge in [0, 0.05) is 0 Å². The molecular weight excluding hydrogens is 236 g/mol. The Morgan fingerprint density at radius 1 is 1.26 bits per heavy atom. The molecule has 19 heavy (non-hydrogen) atoms. The molecule has 1 saturated carbocycles. The van der Waals surface area contributed by atoms with Crippen molar-refractivity contribution >= 4 is 0 Å². The fourth-order valence-corrected chi connectivity index (χ4v) is 3.14. The smallest absolute Gasteiger partial charge is 0.122 e. The lowest BCUT2D eigenvalue weighted by Gasteiger charge is -2.28. The van der Waals surface area contributed by atoms with E-state index >= 15 is 0 Å². The first kappa shape index (κ1) is 14.4. The Kier molecular flexibility index (Phi) is 4.87. The lowest BCUT2D eigenvalue weighted by molar-refractivity contribution is 0.195. The molecule has 2 rings (SSSR count). The summed E-state index contributed by atoms with van der Waals surface area (Å²) < 4.78 is 5.52. The first-order chi connectivity index (χ1) is 9.10. The largest absolute Gasteiger partial charge is 0.496 e. The van der Waals surface area contributed by atoms with Crippen LogP contribution in [0.3, 0.4) is 0 Å². The summed E-state index contributed by atoms with van der Waals surface area (Å²) in [6.07, 6.45) is 5.58. The highest BCUT2D eigenvalue weighted by molar-refractivity contribution is 5.40. The molecule has 1 unspecified atom stereocenters. The van der Waals surface area contributed by atoms with Gasteiger partial charge >= 0.3 is 0 Å². The van der Waals surface area contributed by atoms with Crippen LogP contribution in [-0.4, -0.2) is 18.3 Å². The molecular formula is C17H26O2. The van der Waals surface area contributed by atoms with Crippen LogP contribution in [0, 0.1) is 5.92 Å². The topological polar surface area (TPSA) is 29.5 Å². The Balaban J connectivity index is 2.20. The Labute approximate surface area is 116 Å². The van der Waals surface area contributed by atoms with Crippen molar-refractivity contribution in [1.82, 2.24) is 0 Å². The minimum atomic E-state index is -0.285. The summed E-state index contributed by atoms with van der Waals surface area (Å²) >= 11 is 0. The molecule has 0 saturated heterocycles. The number of hydrogen-bond acceptors (Lipinski definition) is 2. The van der Waals surface area contributed by atoms with Crippen LogP contribution in [0.15, 0.2) is 18.2 Å². The maximum atomic E-state index is 9.54. The monoisotopic (exact) mass is 262 g/mol. The Morgan fingerprint density at radius 2 is 1.95 bits per heavy atom. The van der Waals surface area contributed by atoms with Gasteiger partial charge < -0.3 is 9.84 Å². The molecule has 1 atom stereocenters. The van der Waals surface area contributed by atoms with Gasteiger partial charge in [0.15, 0.2) is 0 Å². The predicted molar refractivity (Wildman–Crippen MR) is 78.8 cm³/mol. The van der Waals surface area contributed by atoms with Crippen molar-refractivity contribution in [3.63, 3.8) is 0 Å². The third kappa shape index (κ3) is 3.73. The fourth-order valence-electron chi connectivity index (χ4n) is 3.14. The SMILES string of the molecule is COc1ccc(CC(C)O)cc1C1CCC(C)CC1. The predicted octanol–water partition coefficient (Wildman–Crippen LogP) is 3.91. The van der Waals surface area contributed by atoms with E-state index in [-0.39, 0.29) is 6.10 Å². The number of rotatable bonds is 4. The molecule has 0 amide bonds. The van der Waals surface area contributed by atoms with E-state index in [2.05, 4.69) is 25.1 Å². The Hall–Kier alpha value is -1.02. The van der Waals surface area contributed by atoms with E-state index in [1.165, 1.54) is 36.8 Å². The second-order valence-electron chi connectivity index (χ2n) is 6.09. The molecule has 0 heterocycles. The number of aliphatic hydroxyl groups is 1. The van der Waals surface area contributed by atoms with Crippen LogP contribution in [0.1, 0.15) is 56.6 Å². The second kappa shape index (κ2) is 6.42. The normalized spacial score (nSPS) is 25.1. The third-order valence-electron chi connectivity index (χ3n) is 4.28. The van der Waals surface area contributed by atoms with Gasteiger partial charge in [0.1, 0.15) is 5.75 Å². The summed E-state index contributed by atoms with van der Waals surface area (Å²) in [5, 5.41) is 9.54. The molecule has 1 N–H and O–H groups in total. The van der Waals surface area contributed by atoms with Crippen molar-refractivity contribution in [1.29, 1.82) is 0 Å². The van der Waals surface area contributed by atoms with Crippen LogP contribution < -0.4 is 4.74 Å². The van der Waals surface area contributed by atoms with Gasteiger partial charge in [0.25, 0.3) is 0 Å². The lowest BCUT2D eigenvalue weighted by Crippen LogP contribution is -2.12. The molecule has 0 spiro atoms. The van der Waals surface area contributed by atoms with Gasteiger partial charge in [0.05, 0.1) is 13.2 Å². The number of aliphatic hydroxyl groups excluding tert-OH is 1. The molecule has 0 aliphatic heterocycles. The molecule has 1 aromatic rings. The molecule has 1 aliphatic rings. The van der Waals surface area contributed by atoms with E-state index in [0.29, 0.717) is 5.92 Å². The van der Waals surface area contributed by atoms with Crippen LogP contribution >= 0.6 is 0 Å². The average molecular weight is 262 g/mol. The lowest BCUT2D eigenvalue weighted by atomic mass is 9.78. The highest BCUT2D eigenvalue weighted by atomic mass is 16.5. The van der Waals surface area contributed by atoms with Gasteiger partial charge in [-0.3, -0.25) is 0 Å². The maximum absolute atomic E-state index is 9.54. The number of methoxy groups -OCH3 is 1. The Morgan fingerprint density at radius 3 is 2.53 bits per heavy atom. The van der Waals surface area contributed by atoms with E-state index in [0.717, 1.165) is 18.1 Å². The maximum Gasteiger partial charge on any atom is 0.122 e. The highest BCUT2D eigenvalue weighted by Gasteiger charge is 2.22. The van der Waals surface area contributed by atoms with E-state index < -0.39 is 0 Å². The van der Waals surface area contributed by atoms with E-state index in [4.69, 9.17) is 4.74 Å². The molecule has 2 nitrogen and oxygen atoms in total. The molecule has 1 aromatic carbocycles. The fraction of sp³-hybridized carbons (Fsp3) is 0.647. The minimum absolute atomic E-state index is 0.285. The zero-order valence-corrected chi connectivity index (χ0v) is 12.4. The zero-order chi connectivity index (χ0) is 13.8. The van der Waals surface area contributed by atoms with E-state index in [1.54, 1.807) is 7.11 Å². The van der Waals surface area contributed by atoms with Gasteiger partial charge in [-0.1, -0.05) is 31.9 Å². The average Bonchev–Trinajstić information content (AvgIpc) is 2.39. The summed E-state index contributed by atoms with van der Waals surface area (Å²) in [5.74, 6) is 2.50. The van der Waals surface area contributed by atoms with Crippen LogP contribution in [0.5, 0.6) is 5.75 Å². The third-order valence-corrected chi connectivity index (χ3v) is 4.28. The molecule has 1 aliphatic carbocycles. The molecule has 0 radical (unpaired) electrons. The van der Waals surface area contributed by atoms with Gasteiger partial charge in [0.2, 0.25) is 0 Å². The van der Waals surface area contributed by atoms with Crippen molar-refractivity contribution in [2.75, 3.05) is 7.11 Å². The molecule has 2 heteroatoms. The van der Waals surface area contributed by atoms with Gasteiger partial charge in [-0.15, -0.1) is 0 Å². The number of benzene rings is 1. The first-order valence-electron chi connectivity index (χ1n) is 7.45. The van der Waals surface area contributed by atoms with E-state index in [1.807, 2.05) is 6.92 Å². The van der Waals surface area contributed by atoms with Crippen molar-refractivity contribution in [2.45, 2.75) is 58.0 Å². The van der Waals surface area contributed by atoms with Crippen molar-refractivity contribution < 1.29 is 9.84 Å². The van der Waals surface area contributed by atoms with Crippen LogP contribution in [-0.2, 0) is 6.42 Å². The second-order valence-corrected chi connectivity index (χ2v) is 6.09. The van der Waals surface area contributed by atoms with Crippen LogP contribution in [0.4, 0.5) is 0 Å². The molecule has 106 valence electrons. The summed E-state index contributed by atoms with van der Waals surface area (Å²) in [6, 6.07) is 6.37. The first-order valence-corrected chi connectivity index (χ1v) is 7.45. The summed E-state index contributed by atoms with van der Waals surface area (Å²) in [7, 11) is 1.75. The summed E-state index contributed by atoms with van der Waals surface area (Å²) in [6.45, 7) is 4.18.